The molecule has 2 aromatic rings. The number of carbonyl (C=O) groups excluding carboxylic acids is 3. The van der Waals surface area contributed by atoms with Crippen molar-refractivity contribution in [3.05, 3.63) is 59.4 Å². The number of carbonyl (C=O) groups is 3. The van der Waals surface area contributed by atoms with Crippen LogP contribution in [0.5, 0.6) is 5.75 Å². The van der Waals surface area contributed by atoms with Crippen LogP contribution in [0.1, 0.15) is 87.6 Å². The second-order valence-corrected chi connectivity index (χ2v) is 13.1. The lowest BCUT2D eigenvalue weighted by Gasteiger charge is -2.41. The third kappa shape index (κ3) is 9.28. The van der Waals surface area contributed by atoms with E-state index in [9.17, 15) is 14.4 Å². The Morgan fingerprint density at radius 1 is 1.02 bits per heavy atom. The number of hydrogen-bond donors (Lipinski definition) is 2. The van der Waals surface area contributed by atoms with Crippen LogP contribution < -0.4 is 15.4 Å². The van der Waals surface area contributed by atoms with Crippen molar-refractivity contribution in [1.29, 1.82) is 0 Å². The van der Waals surface area contributed by atoms with Gasteiger partial charge in [-0.05, 0) is 88.2 Å². The molecule has 2 fully saturated rings. The van der Waals surface area contributed by atoms with Gasteiger partial charge in [-0.15, -0.1) is 0 Å². The highest BCUT2D eigenvalue weighted by molar-refractivity contribution is 5.82. The van der Waals surface area contributed by atoms with Crippen molar-refractivity contribution in [1.82, 2.24) is 25.4 Å². The van der Waals surface area contributed by atoms with E-state index < -0.39 is 0 Å². The third-order valence-corrected chi connectivity index (χ3v) is 9.99. The molecule has 1 aromatic carbocycles. The van der Waals surface area contributed by atoms with Crippen molar-refractivity contribution >= 4 is 17.7 Å². The Kier molecular flexibility index (Phi) is 11.9. The molecule has 0 aliphatic carbocycles. The second-order valence-electron chi connectivity index (χ2n) is 13.1. The van der Waals surface area contributed by atoms with E-state index in [2.05, 4.69) is 27.7 Å². The fourth-order valence-corrected chi connectivity index (χ4v) is 7.17. The number of para-hydroxylation sites is 1. The van der Waals surface area contributed by atoms with Gasteiger partial charge in [0.15, 0.2) is 0 Å². The molecule has 2 N–H and O–H groups in total. The number of piperidine rings is 2. The Bertz CT molecular complexity index is 1290. The molecule has 1 unspecified atom stereocenters. The van der Waals surface area contributed by atoms with E-state index in [0.29, 0.717) is 32.5 Å². The monoisotopic (exact) mass is 617 g/mol. The van der Waals surface area contributed by atoms with Gasteiger partial charge in [-0.3, -0.25) is 19.4 Å². The van der Waals surface area contributed by atoms with Crippen molar-refractivity contribution < 1.29 is 19.1 Å². The van der Waals surface area contributed by atoms with Crippen LogP contribution in [-0.4, -0.2) is 84.9 Å². The van der Waals surface area contributed by atoms with Gasteiger partial charge in [0.2, 0.25) is 17.7 Å². The fraction of sp³-hybridized carbons (Fsp3) is 0.611. The summed E-state index contributed by atoms with van der Waals surface area (Å²) in [7, 11) is 0. The summed E-state index contributed by atoms with van der Waals surface area (Å²) in [5.74, 6) is 1.52. The normalized spacial score (nSPS) is 21.3. The lowest BCUT2D eigenvalue weighted by molar-refractivity contribution is -0.134. The van der Waals surface area contributed by atoms with Crippen molar-refractivity contribution in [2.45, 2.75) is 83.5 Å². The summed E-state index contributed by atoms with van der Waals surface area (Å²) in [4.78, 5) is 47.1. The molecule has 244 valence electrons. The molecule has 3 amide bonds. The summed E-state index contributed by atoms with van der Waals surface area (Å²) < 4.78 is 6.02. The third-order valence-electron chi connectivity index (χ3n) is 9.99. The predicted octanol–water partition coefficient (Wildman–Crippen LogP) is 4.25. The number of aryl methyl sites for hydroxylation is 2. The highest BCUT2D eigenvalue weighted by atomic mass is 16.5. The number of fused-ring (bicyclic) bond motifs is 1. The van der Waals surface area contributed by atoms with Gasteiger partial charge in [0.05, 0.1) is 12.0 Å². The van der Waals surface area contributed by atoms with Gasteiger partial charge >= 0.3 is 0 Å². The highest BCUT2D eigenvalue weighted by Crippen LogP contribution is 2.37. The molecule has 3 aliphatic heterocycles. The van der Waals surface area contributed by atoms with Gasteiger partial charge in [0.1, 0.15) is 12.4 Å². The first-order valence-electron chi connectivity index (χ1n) is 17.1. The Balaban J connectivity index is 1.03. The number of benzene rings is 1. The van der Waals surface area contributed by atoms with Gasteiger partial charge in [0.25, 0.3) is 0 Å². The van der Waals surface area contributed by atoms with Crippen molar-refractivity contribution in [2.75, 3.05) is 52.4 Å². The molecule has 5 rings (SSSR count). The molecule has 45 heavy (non-hydrogen) atoms. The summed E-state index contributed by atoms with van der Waals surface area (Å²) in [5, 5.41) is 6.27. The first-order chi connectivity index (χ1) is 21.9. The molecule has 1 atom stereocenters. The number of likely N-dealkylation sites (tertiary alicyclic amines) is 2. The molecule has 0 bridgehead atoms. The maximum Gasteiger partial charge on any atom is 0.226 e. The molecular formula is C36H51N5O4. The van der Waals surface area contributed by atoms with E-state index in [1.54, 1.807) is 6.92 Å². The minimum atomic E-state index is -0.315. The fourth-order valence-electron chi connectivity index (χ4n) is 7.17. The standard InChI is InChI=1S/C36H51N5O4/c1-28(42)41-22-8-11-30(27-41)32-13-7-12-31(39-32)15-16-34(43)37-20-25-40-23-18-36(19-24-40)17-6-2-3-9-29-10-4-5-14-33(29)45-26-21-38-35(36)44/h4-5,7,10,12-14,30H,2-3,6,8-9,11,15-27H2,1H3,(H,37,43)(H,38,44). The highest BCUT2D eigenvalue weighted by Gasteiger charge is 2.40. The molecule has 1 aromatic heterocycles. The summed E-state index contributed by atoms with van der Waals surface area (Å²) in [6.07, 6.45) is 9.93. The van der Waals surface area contributed by atoms with E-state index in [1.165, 1.54) is 5.56 Å². The van der Waals surface area contributed by atoms with E-state index in [0.717, 1.165) is 108 Å². The summed E-state index contributed by atoms with van der Waals surface area (Å²) in [6, 6.07) is 14.3. The zero-order valence-corrected chi connectivity index (χ0v) is 27.0. The Hall–Kier alpha value is -3.46. The molecular weight excluding hydrogens is 566 g/mol. The molecule has 0 saturated carbocycles. The molecule has 1 spiro atoms. The number of amides is 3. The number of nitrogens with one attached hydrogen (secondary N) is 2. The van der Waals surface area contributed by atoms with Crippen molar-refractivity contribution in [3.63, 3.8) is 0 Å². The van der Waals surface area contributed by atoms with E-state index in [1.807, 2.05) is 35.2 Å². The molecule has 9 heteroatoms. The zero-order chi connectivity index (χ0) is 31.5. The number of pyridine rings is 1. The predicted molar refractivity (Wildman–Crippen MR) is 175 cm³/mol. The van der Waals surface area contributed by atoms with Gasteiger partial charge in [-0.2, -0.15) is 0 Å². The average Bonchev–Trinajstić information content (AvgIpc) is 3.07. The largest absolute Gasteiger partial charge is 0.491 e. The molecule has 9 nitrogen and oxygen atoms in total. The van der Waals surface area contributed by atoms with Gasteiger partial charge < -0.3 is 25.2 Å². The van der Waals surface area contributed by atoms with Crippen LogP contribution in [0.2, 0.25) is 0 Å². The summed E-state index contributed by atoms with van der Waals surface area (Å²) in [5.41, 5.74) is 2.88. The number of hydrogen-bond acceptors (Lipinski definition) is 6. The first kappa shape index (κ1) is 32.9. The van der Waals surface area contributed by atoms with Crippen molar-refractivity contribution in [2.24, 2.45) is 5.41 Å². The number of aromatic nitrogens is 1. The minimum Gasteiger partial charge on any atom is -0.491 e. The van der Waals surface area contributed by atoms with Crippen LogP contribution >= 0.6 is 0 Å². The Morgan fingerprint density at radius 3 is 2.71 bits per heavy atom. The van der Waals surface area contributed by atoms with Crippen LogP contribution in [0.3, 0.4) is 0 Å². The van der Waals surface area contributed by atoms with Crippen LogP contribution in [-0.2, 0) is 27.2 Å². The van der Waals surface area contributed by atoms with Crippen LogP contribution in [0, 0.1) is 5.41 Å². The molecule has 0 radical (unpaired) electrons. The number of rotatable bonds is 7. The summed E-state index contributed by atoms with van der Waals surface area (Å²) >= 11 is 0. The van der Waals surface area contributed by atoms with Crippen LogP contribution in [0.15, 0.2) is 42.5 Å². The van der Waals surface area contributed by atoms with E-state index >= 15 is 0 Å². The zero-order valence-electron chi connectivity index (χ0n) is 27.0. The molecule has 2 saturated heterocycles. The average molecular weight is 618 g/mol. The summed E-state index contributed by atoms with van der Waals surface area (Å²) in [6.45, 7) is 7.29. The first-order valence-corrected chi connectivity index (χ1v) is 17.1. The van der Waals surface area contributed by atoms with Gasteiger partial charge in [-0.25, -0.2) is 0 Å². The molecule has 3 aliphatic rings. The van der Waals surface area contributed by atoms with Gasteiger partial charge in [-0.1, -0.05) is 37.1 Å². The SMILES string of the molecule is CC(=O)N1CCCC(c2cccc(CCC(=O)NCCN3CCC4(CCCCCc5ccccc5OCCNC4=O)CC3)n2)C1. The second kappa shape index (κ2) is 16.2. The quantitative estimate of drug-likeness (QED) is 0.482. The lowest BCUT2D eigenvalue weighted by atomic mass is 9.73. The van der Waals surface area contributed by atoms with Crippen LogP contribution in [0.25, 0.3) is 0 Å². The van der Waals surface area contributed by atoms with Gasteiger partial charge in [0, 0.05) is 56.8 Å². The topological polar surface area (TPSA) is 104 Å². The lowest BCUT2D eigenvalue weighted by Crippen LogP contribution is -2.50. The number of nitrogens with zero attached hydrogens (tertiary/aromatic N) is 3. The molecule has 4 heterocycles. The maximum atomic E-state index is 13.4. The van der Waals surface area contributed by atoms with Crippen molar-refractivity contribution in [3.8, 4) is 5.75 Å². The Morgan fingerprint density at radius 2 is 1.87 bits per heavy atom. The smallest absolute Gasteiger partial charge is 0.226 e. The number of ether oxygens (including phenoxy) is 1. The minimum absolute atomic E-state index is 0.0371. The van der Waals surface area contributed by atoms with E-state index in [-0.39, 0.29) is 29.1 Å². The Labute approximate surface area is 268 Å². The van der Waals surface area contributed by atoms with Crippen LogP contribution in [0.4, 0.5) is 0 Å². The van der Waals surface area contributed by atoms with E-state index in [4.69, 9.17) is 9.72 Å². The maximum absolute atomic E-state index is 13.4.